The van der Waals surface area contributed by atoms with Gasteiger partial charge in [-0.05, 0) is 31.6 Å². The molecule has 0 spiro atoms. The van der Waals surface area contributed by atoms with Gasteiger partial charge in [-0.2, -0.15) is 0 Å². The van der Waals surface area contributed by atoms with E-state index in [2.05, 4.69) is 20.8 Å². The number of hydrogen-bond acceptors (Lipinski definition) is 4. The van der Waals surface area contributed by atoms with Crippen LogP contribution >= 0.6 is 8.58 Å². The second-order valence-electron chi connectivity index (χ2n) is 15.2. The molecule has 50 heavy (non-hydrogen) atoms. The summed E-state index contributed by atoms with van der Waals surface area (Å²) >= 11 is 0. The van der Waals surface area contributed by atoms with Crippen molar-refractivity contribution < 1.29 is 15.3 Å². The summed E-state index contributed by atoms with van der Waals surface area (Å²) in [6, 6.07) is 0. The summed E-state index contributed by atoms with van der Waals surface area (Å²) in [5.74, 6) is 0. The third-order valence-corrected chi connectivity index (χ3v) is 11.3. The third-order valence-electron chi connectivity index (χ3n) is 9.93. The molecule has 5 N–H and O–H groups in total. The van der Waals surface area contributed by atoms with Crippen LogP contribution in [0, 0.1) is 0 Å². The highest BCUT2D eigenvalue weighted by Crippen LogP contribution is 2.19. The van der Waals surface area contributed by atoms with Gasteiger partial charge < -0.3 is 21.1 Å². The van der Waals surface area contributed by atoms with Gasteiger partial charge in [-0.15, -0.1) is 8.58 Å². The average Bonchev–Trinajstić information content (AvgIpc) is 3.14. The maximum Gasteiger partial charge on any atom is 0.0662 e. The smallest absolute Gasteiger partial charge is 0.0662 e. The van der Waals surface area contributed by atoms with Crippen molar-refractivity contribution in [3.8, 4) is 0 Å². The molecule has 1 unspecified atom stereocenters. The third kappa shape index (κ3) is 60.4. The van der Waals surface area contributed by atoms with Crippen molar-refractivity contribution in [2.24, 2.45) is 5.73 Å². The van der Waals surface area contributed by atoms with Gasteiger partial charge in [0.25, 0.3) is 0 Å². The Balaban J connectivity index is -0.00000142. The van der Waals surface area contributed by atoms with E-state index in [1.54, 1.807) is 0 Å². The summed E-state index contributed by atoms with van der Waals surface area (Å²) in [7, 11) is 1.25. The molecular formula is C45H98NO3P. The minimum Gasteiger partial charge on any atom is -0.394 e. The van der Waals surface area contributed by atoms with Crippen LogP contribution < -0.4 is 5.73 Å². The van der Waals surface area contributed by atoms with Crippen molar-refractivity contribution in [1.29, 1.82) is 0 Å². The van der Waals surface area contributed by atoms with E-state index in [9.17, 15) is 0 Å². The molecule has 0 aromatic rings. The van der Waals surface area contributed by atoms with E-state index >= 15 is 0 Å². The van der Waals surface area contributed by atoms with E-state index in [4.69, 9.17) is 21.1 Å². The van der Waals surface area contributed by atoms with Gasteiger partial charge in [-0.1, -0.05) is 233 Å². The molecular weight excluding hydrogens is 633 g/mol. The number of aliphatic hydroxyl groups excluding tert-OH is 3. The van der Waals surface area contributed by atoms with Crippen molar-refractivity contribution in [3.63, 3.8) is 0 Å². The predicted molar refractivity (Wildman–Crippen MR) is 231 cm³/mol. The molecule has 4 nitrogen and oxygen atoms in total. The van der Waals surface area contributed by atoms with Crippen LogP contribution in [0.4, 0.5) is 0 Å². The first-order chi connectivity index (χ1) is 24.6. The summed E-state index contributed by atoms with van der Waals surface area (Å²) in [5.41, 5.74) is 5.20. The maximum absolute atomic E-state index is 8.96. The van der Waals surface area contributed by atoms with E-state index in [1.165, 1.54) is 239 Å². The maximum atomic E-state index is 8.96. The Morgan fingerprint density at radius 3 is 0.800 bits per heavy atom. The van der Waals surface area contributed by atoms with Crippen molar-refractivity contribution >= 4 is 8.58 Å². The number of rotatable bonds is 40. The standard InChI is InChI=1S/C36H75P.C7H17NO.C2H6O2/c1-3-5-7-9-11-13-15-17-19-21-23-25-27-29-31-33-35-37-36-34-32-30-28-26-24-22-20-18-16-14-12-10-8-6-4-2;1-2-3-4-5-7(9)6-8;3-1-2-4/h37H,3-36H2,1-2H3;7,9H,2-6,8H2,1H3;3-4H,1-2H2. The average molecular weight is 732 g/mol. The Morgan fingerprint density at radius 1 is 0.360 bits per heavy atom. The summed E-state index contributed by atoms with van der Waals surface area (Å²) in [6.45, 7) is 6.92. The van der Waals surface area contributed by atoms with Crippen LogP contribution in [0.3, 0.4) is 0 Å². The zero-order chi connectivity index (χ0) is 37.3. The van der Waals surface area contributed by atoms with Gasteiger partial charge in [0.1, 0.15) is 0 Å². The molecule has 0 fully saturated rings. The molecule has 0 heterocycles. The number of hydrogen-bond donors (Lipinski definition) is 4. The lowest BCUT2D eigenvalue weighted by atomic mass is 10.0. The van der Waals surface area contributed by atoms with Crippen molar-refractivity contribution in [3.05, 3.63) is 0 Å². The number of nitrogens with two attached hydrogens (primary N) is 1. The second-order valence-corrected chi connectivity index (χ2v) is 16.7. The fourth-order valence-corrected chi connectivity index (χ4v) is 7.72. The van der Waals surface area contributed by atoms with E-state index in [0.717, 1.165) is 12.8 Å². The normalized spacial score (nSPS) is 11.6. The highest BCUT2D eigenvalue weighted by atomic mass is 31.1. The quantitative estimate of drug-likeness (QED) is 0.0373. The molecule has 0 rings (SSSR count). The molecule has 306 valence electrons. The van der Waals surface area contributed by atoms with E-state index < -0.39 is 0 Å². The molecule has 0 aliphatic carbocycles. The van der Waals surface area contributed by atoms with Gasteiger partial charge in [0, 0.05) is 6.54 Å². The van der Waals surface area contributed by atoms with Crippen LogP contribution in [0.5, 0.6) is 0 Å². The summed E-state index contributed by atoms with van der Waals surface area (Å²) in [5, 5.41) is 24.2. The first-order valence-electron chi connectivity index (χ1n) is 22.9. The largest absolute Gasteiger partial charge is 0.394 e. The second kappa shape index (κ2) is 56.0. The van der Waals surface area contributed by atoms with E-state index in [-0.39, 0.29) is 19.3 Å². The van der Waals surface area contributed by atoms with Crippen LogP contribution in [-0.4, -0.2) is 53.5 Å². The van der Waals surface area contributed by atoms with Gasteiger partial charge >= 0.3 is 0 Å². The van der Waals surface area contributed by atoms with Gasteiger partial charge in [0.05, 0.1) is 19.3 Å². The molecule has 0 saturated heterocycles. The molecule has 1 atom stereocenters. The zero-order valence-corrected chi connectivity index (χ0v) is 36.0. The van der Waals surface area contributed by atoms with Crippen LogP contribution in [0.1, 0.15) is 252 Å². The van der Waals surface area contributed by atoms with Crippen LogP contribution in [-0.2, 0) is 0 Å². The lowest BCUT2D eigenvalue weighted by Gasteiger charge is -2.05. The molecule has 0 aliphatic rings. The number of aliphatic hydroxyl groups is 3. The van der Waals surface area contributed by atoms with Crippen molar-refractivity contribution in [1.82, 2.24) is 0 Å². The molecule has 0 amide bonds. The first kappa shape index (κ1) is 54.6. The number of unbranched alkanes of at least 4 members (excludes halogenated alkanes) is 32. The Kier molecular flexibility index (Phi) is 61.2. The van der Waals surface area contributed by atoms with Gasteiger partial charge in [-0.25, -0.2) is 0 Å². The topological polar surface area (TPSA) is 86.7 Å². The van der Waals surface area contributed by atoms with E-state index in [1.807, 2.05) is 0 Å². The fraction of sp³-hybridized carbons (Fsp3) is 1.00. The predicted octanol–water partition coefficient (Wildman–Crippen LogP) is 14.0. The summed E-state index contributed by atoms with van der Waals surface area (Å²) in [4.78, 5) is 0. The molecule has 0 radical (unpaired) electrons. The van der Waals surface area contributed by atoms with Crippen molar-refractivity contribution in [2.75, 3.05) is 32.1 Å². The monoisotopic (exact) mass is 732 g/mol. The molecule has 0 aromatic heterocycles. The van der Waals surface area contributed by atoms with Crippen LogP contribution in [0.15, 0.2) is 0 Å². The minimum absolute atomic E-state index is 0.125. The van der Waals surface area contributed by atoms with Crippen molar-refractivity contribution in [2.45, 2.75) is 258 Å². The van der Waals surface area contributed by atoms with Gasteiger partial charge in [0.2, 0.25) is 0 Å². The Morgan fingerprint density at radius 2 is 0.580 bits per heavy atom. The molecule has 0 aliphatic heterocycles. The summed E-state index contributed by atoms with van der Waals surface area (Å²) in [6.07, 6.45) is 54.6. The Hall–Kier alpha value is 0.270. The van der Waals surface area contributed by atoms with E-state index in [0.29, 0.717) is 6.54 Å². The molecule has 5 heteroatoms. The SMILES string of the molecule is CCCCCC(O)CN.CCCCCCCCCCCCCCCCCCPCCCCCCCCCCCCCCCCCC.OCCO. The lowest BCUT2D eigenvalue weighted by Crippen LogP contribution is -2.19. The first-order valence-corrected chi connectivity index (χ1v) is 24.4. The fourth-order valence-electron chi connectivity index (χ4n) is 6.47. The Bertz CT molecular complexity index is 489. The minimum atomic E-state index is -0.267. The highest BCUT2D eigenvalue weighted by molar-refractivity contribution is 7.37. The highest BCUT2D eigenvalue weighted by Gasteiger charge is 1.99. The van der Waals surface area contributed by atoms with Gasteiger partial charge in [-0.3, -0.25) is 0 Å². The summed E-state index contributed by atoms with van der Waals surface area (Å²) < 4.78 is 0. The molecule has 0 aromatic carbocycles. The molecule has 0 saturated carbocycles. The zero-order valence-electron chi connectivity index (χ0n) is 35.0. The van der Waals surface area contributed by atoms with Crippen LogP contribution in [0.2, 0.25) is 0 Å². The Labute approximate surface area is 318 Å². The molecule has 0 bridgehead atoms. The van der Waals surface area contributed by atoms with Gasteiger partial charge in [0.15, 0.2) is 0 Å². The van der Waals surface area contributed by atoms with Crippen LogP contribution in [0.25, 0.3) is 0 Å². The lowest BCUT2D eigenvalue weighted by molar-refractivity contribution is 0.169.